The molecule has 1 aliphatic heterocycles. The fraction of sp³-hybridized carbons (Fsp3) is 0.455. The van der Waals surface area contributed by atoms with Gasteiger partial charge in [-0.1, -0.05) is 0 Å². The van der Waals surface area contributed by atoms with E-state index >= 15 is 0 Å². The molecule has 0 aliphatic carbocycles. The summed E-state index contributed by atoms with van der Waals surface area (Å²) in [4.78, 5) is 23.6. The van der Waals surface area contributed by atoms with Gasteiger partial charge in [-0.05, 0) is 56.7 Å². The number of nitrogens with two attached hydrogens (primary N) is 2. The molecule has 0 saturated carbocycles. The molecule has 0 amide bonds. The molecule has 3 rings (SSSR count). The van der Waals surface area contributed by atoms with Crippen molar-refractivity contribution in [3.8, 4) is 5.75 Å². The zero-order valence-electron chi connectivity index (χ0n) is 28.0. The zero-order chi connectivity index (χ0) is 34.7. The van der Waals surface area contributed by atoms with Crippen molar-refractivity contribution in [2.24, 2.45) is 21.5 Å². The first-order valence-corrected chi connectivity index (χ1v) is 15.9. The molecule has 0 unspecified atom stereocenters. The lowest BCUT2D eigenvalue weighted by molar-refractivity contribution is -0.342. The molecule has 0 saturated heterocycles. The molecular weight excluding hydrogens is 623 g/mol. The van der Waals surface area contributed by atoms with Crippen LogP contribution in [0.2, 0.25) is 0 Å². The van der Waals surface area contributed by atoms with Gasteiger partial charge in [0.05, 0.1) is 52.0 Å². The standard InChI is InChI=1S/C33H46BF2N7O5/c1-24-20-25(2)42-32(24)21-29-7-6-28(43(29)34(35)36)8-9-30(44)22-39-12-13-45-14-15-46-16-17-47-18-19-48-31-10-4-27(5-11-31)33(38)41-23-40-26(3)37/h4-7,10-11,20-21,39H,8-9,12-19,22-23H2,1-3H3,(H4,37,38,40,41)/p+1. The van der Waals surface area contributed by atoms with Crippen LogP contribution in [0.4, 0.5) is 8.63 Å². The zero-order valence-corrected chi connectivity index (χ0v) is 28.0. The number of aromatic amines is 1. The molecule has 1 aromatic heterocycles. The van der Waals surface area contributed by atoms with Crippen molar-refractivity contribution in [3.05, 3.63) is 70.7 Å². The number of nitrogens with zero attached hydrogens (tertiary/aromatic N) is 3. The van der Waals surface area contributed by atoms with Gasteiger partial charge in [0, 0.05) is 54.6 Å². The monoisotopic (exact) mass is 670 g/mol. The Bertz CT molecular complexity index is 1470. The molecule has 48 heavy (non-hydrogen) atoms. The number of amidine groups is 2. The number of aromatic nitrogens is 1. The first kappa shape index (κ1) is 38.3. The van der Waals surface area contributed by atoms with E-state index in [0.717, 1.165) is 27.0 Å². The highest BCUT2D eigenvalue weighted by molar-refractivity contribution is 6.35. The number of hydrogen-bond donors (Lipinski definition) is 4. The molecule has 260 valence electrons. The van der Waals surface area contributed by atoms with Gasteiger partial charge in [0.1, 0.15) is 30.6 Å². The fourth-order valence-corrected chi connectivity index (χ4v) is 4.64. The summed E-state index contributed by atoms with van der Waals surface area (Å²) >= 11 is 0. The third-order valence-corrected chi connectivity index (χ3v) is 7.07. The lowest BCUT2D eigenvalue weighted by atomic mass is 10.1. The number of nitrogens with one attached hydrogen (secondary N) is 2. The van der Waals surface area contributed by atoms with Gasteiger partial charge >= 0.3 is 7.40 Å². The van der Waals surface area contributed by atoms with Gasteiger partial charge in [0.15, 0.2) is 11.4 Å². The van der Waals surface area contributed by atoms with Crippen LogP contribution >= 0.6 is 0 Å². The normalized spacial score (nSPS) is 14.4. The minimum Gasteiger partial charge on any atom is -0.491 e. The average molecular weight is 671 g/mol. The van der Waals surface area contributed by atoms with Crippen molar-refractivity contribution in [3.63, 3.8) is 0 Å². The minimum absolute atomic E-state index is 0.0547. The largest absolute Gasteiger partial charge is 0.934 e. The van der Waals surface area contributed by atoms with Crippen LogP contribution in [0.25, 0.3) is 6.08 Å². The van der Waals surface area contributed by atoms with Crippen LogP contribution in [0.1, 0.15) is 42.3 Å². The quantitative estimate of drug-likeness (QED) is 0.0608. The van der Waals surface area contributed by atoms with E-state index in [2.05, 4.69) is 20.3 Å². The van der Waals surface area contributed by atoms with Crippen molar-refractivity contribution in [2.45, 2.75) is 33.6 Å². The van der Waals surface area contributed by atoms with E-state index < -0.39 is 7.40 Å². The van der Waals surface area contributed by atoms with E-state index in [4.69, 9.17) is 30.4 Å². The van der Waals surface area contributed by atoms with E-state index in [1.807, 2.05) is 44.2 Å². The topological polar surface area (TPSA) is 162 Å². The molecule has 0 atom stereocenters. The number of halogens is 2. The summed E-state index contributed by atoms with van der Waals surface area (Å²) in [5.74, 6) is 1.47. The Hall–Kier alpha value is -4.18. The summed E-state index contributed by atoms with van der Waals surface area (Å²) in [6, 6.07) is 9.23. The highest BCUT2D eigenvalue weighted by atomic mass is 19.2. The number of carbonyl (C=O) groups is 1. The van der Waals surface area contributed by atoms with Crippen LogP contribution in [0.3, 0.4) is 0 Å². The van der Waals surface area contributed by atoms with Crippen LogP contribution in [-0.2, 0) is 19.0 Å². The molecule has 2 aromatic rings. The second-order valence-corrected chi connectivity index (χ2v) is 11.0. The van der Waals surface area contributed by atoms with Gasteiger partial charge in [0.2, 0.25) is 0 Å². The smallest absolute Gasteiger partial charge is 0.491 e. The lowest BCUT2D eigenvalue weighted by Crippen LogP contribution is -2.28. The molecule has 12 nitrogen and oxygen atoms in total. The summed E-state index contributed by atoms with van der Waals surface area (Å²) in [7, 11) is -2.70. The van der Waals surface area contributed by atoms with Crippen LogP contribution in [-0.4, -0.2) is 106 Å². The van der Waals surface area contributed by atoms with Gasteiger partial charge in [-0.15, -0.1) is 0 Å². The molecule has 0 bridgehead atoms. The maximum atomic E-state index is 13.8. The summed E-state index contributed by atoms with van der Waals surface area (Å²) in [6.07, 6.45) is 5.42. The lowest BCUT2D eigenvalue weighted by Gasteiger charge is -2.09. The van der Waals surface area contributed by atoms with E-state index in [1.165, 1.54) is 0 Å². The second kappa shape index (κ2) is 20.9. The molecule has 1 aliphatic rings. The summed E-state index contributed by atoms with van der Waals surface area (Å²) < 4.78 is 50.9. The Balaban J connectivity index is 1.16. The first-order valence-electron chi connectivity index (χ1n) is 15.9. The predicted molar refractivity (Wildman–Crippen MR) is 185 cm³/mol. The first-order chi connectivity index (χ1) is 23.1. The van der Waals surface area contributed by atoms with Gasteiger partial charge in [-0.3, -0.25) is 4.79 Å². The number of aryl methyl sites for hydroxylation is 2. The fourth-order valence-electron chi connectivity index (χ4n) is 4.64. The van der Waals surface area contributed by atoms with E-state index in [1.54, 1.807) is 25.2 Å². The Morgan fingerprint density at radius 2 is 1.65 bits per heavy atom. The predicted octanol–water partition coefficient (Wildman–Crippen LogP) is 3.03. The summed E-state index contributed by atoms with van der Waals surface area (Å²) in [6.45, 7) is 9.27. The van der Waals surface area contributed by atoms with Gasteiger partial charge in [-0.25, -0.2) is 23.1 Å². The Morgan fingerprint density at radius 3 is 2.27 bits per heavy atom. The number of ether oxygens (including phenoxy) is 4. The molecule has 6 N–H and O–H groups in total. The Morgan fingerprint density at radius 1 is 0.979 bits per heavy atom. The molecular formula is C33H47BF2N7O5+. The number of hydrogen-bond acceptors (Lipinski definition) is 8. The highest BCUT2D eigenvalue weighted by Gasteiger charge is 2.41. The third-order valence-electron chi connectivity index (χ3n) is 7.07. The average Bonchev–Trinajstić information content (AvgIpc) is 3.60. The number of aliphatic imine (C=N–C) groups is 2. The maximum absolute atomic E-state index is 13.8. The van der Waals surface area contributed by atoms with Gasteiger partial charge < -0.3 is 40.7 Å². The Labute approximate surface area is 281 Å². The van der Waals surface area contributed by atoms with E-state index in [0.29, 0.717) is 81.6 Å². The number of ketones is 1. The minimum atomic E-state index is -2.70. The second-order valence-electron chi connectivity index (χ2n) is 11.0. The van der Waals surface area contributed by atoms with Crippen LogP contribution in [0.15, 0.2) is 58.2 Å². The number of Topliss-reactive ketones (excluding diaryl/α,β-unsaturated/α-hetero) is 1. The number of allylic oxidation sites excluding steroid dienone is 2. The number of carbonyl (C=O) groups excluding carboxylic acids is 1. The molecule has 1 aromatic carbocycles. The van der Waals surface area contributed by atoms with Crippen molar-refractivity contribution >= 4 is 36.6 Å². The maximum Gasteiger partial charge on any atom is 0.934 e. The number of rotatable bonds is 23. The van der Waals surface area contributed by atoms with Crippen molar-refractivity contribution in [2.75, 3.05) is 66.0 Å². The van der Waals surface area contributed by atoms with Crippen molar-refractivity contribution < 1.29 is 36.9 Å². The van der Waals surface area contributed by atoms with Gasteiger partial charge in [-0.2, -0.15) is 0 Å². The van der Waals surface area contributed by atoms with Crippen molar-refractivity contribution in [1.29, 1.82) is 0 Å². The molecule has 15 heteroatoms. The van der Waals surface area contributed by atoms with Crippen LogP contribution in [0, 0.1) is 13.8 Å². The number of benzene rings is 1. The highest BCUT2D eigenvalue weighted by Crippen LogP contribution is 2.20. The summed E-state index contributed by atoms with van der Waals surface area (Å²) in [5.41, 5.74) is 15.8. The molecule has 0 radical (unpaired) electrons. The molecule has 0 spiro atoms. The van der Waals surface area contributed by atoms with Crippen LogP contribution in [0.5, 0.6) is 5.75 Å². The van der Waals surface area contributed by atoms with Crippen molar-refractivity contribution in [1.82, 2.24) is 10.3 Å². The third kappa shape index (κ3) is 13.9. The van der Waals surface area contributed by atoms with E-state index in [-0.39, 0.29) is 31.8 Å². The summed E-state index contributed by atoms with van der Waals surface area (Å²) in [5, 5.41) is 3.03. The number of H-pyrrole nitrogens is 1. The molecule has 2 heterocycles. The molecule has 0 fully saturated rings. The van der Waals surface area contributed by atoms with Gasteiger partial charge in [0.25, 0.3) is 0 Å². The Kier molecular flexibility index (Phi) is 16.7. The van der Waals surface area contributed by atoms with E-state index in [9.17, 15) is 13.4 Å². The SMILES string of the molecule is CC(N)=NCN=C(N)c1ccc(OCCOCCOCCOCCNCC(=O)CCC2=[N+](B(F)F)/C(=C\c3[nH]c(C)cc3C)C=C2)cc1. The van der Waals surface area contributed by atoms with Crippen LogP contribution < -0.4 is 21.5 Å².